The van der Waals surface area contributed by atoms with E-state index in [1.807, 2.05) is 56.3 Å². The van der Waals surface area contributed by atoms with Gasteiger partial charge in [0, 0.05) is 22.7 Å². The van der Waals surface area contributed by atoms with Crippen LogP contribution in [0.1, 0.15) is 27.0 Å². The molecule has 2 nitrogen and oxygen atoms in total. The van der Waals surface area contributed by atoms with Crippen LogP contribution in [0.15, 0.2) is 54.7 Å². The lowest BCUT2D eigenvalue weighted by Crippen LogP contribution is -2.03. The van der Waals surface area contributed by atoms with E-state index in [0.717, 1.165) is 27.6 Å². The maximum Gasteiger partial charge on any atom is 0.193 e. The first kappa shape index (κ1) is 12.5. The average Bonchev–Trinajstić information content (AvgIpc) is 2.45. The van der Waals surface area contributed by atoms with Gasteiger partial charge in [-0.25, -0.2) is 0 Å². The number of hydrogen-bond acceptors (Lipinski definition) is 2. The third-order valence-corrected chi connectivity index (χ3v) is 3.37. The van der Waals surface area contributed by atoms with Gasteiger partial charge in [-0.05, 0) is 38.1 Å². The summed E-state index contributed by atoms with van der Waals surface area (Å²) in [5, 5.41) is 0.902. The molecule has 0 aliphatic rings. The second-order valence-corrected chi connectivity index (χ2v) is 5.08. The first-order chi connectivity index (χ1) is 9.65. The molecule has 1 aromatic heterocycles. The fraction of sp³-hybridized carbons (Fsp3) is 0.111. The van der Waals surface area contributed by atoms with E-state index in [0.29, 0.717) is 5.56 Å². The van der Waals surface area contributed by atoms with E-state index in [-0.39, 0.29) is 5.78 Å². The molecule has 0 spiro atoms. The summed E-state index contributed by atoms with van der Waals surface area (Å²) in [6.45, 7) is 4.02. The topological polar surface area (TPSA) is 30.0 Å². The highest BCUT2D eigenvalue weighted by atomic mass is 16.1. The molecule has 0 aliphatic heterocycles. The highest BCUT2D eigenvalue weighted by Crippen LogP contribution is 2.21. The molecule has 2 aromatic carbocycles. The van der Waals surface area contributed by atoms with Gasteiger partial charge in [-0.1, -0.05) is 35.4 Å². The van der Waals surface area contributed by atoms with E-state index in [1.54, 1.807) is 6.20 Å². The second kappa shape index (κ2) is 4.89. The number of ketones is 1. The van der Waals surface area contributed by atoms with Gasteiger partial charge in [0.2, 0.25) is 0 Å². The van der Waals surface area contributed by atoms with Crippen LogP contribution in [0.3, 0.4) is 0 Å². The summed E-state index contributed by atoms with van der Waals surface area (Å²) in [6, 6.07) is 15.4. The lowest BCUT2D eigenvalue weighted by atomic mass is 9.97. The molecule has 3 rings (SSSR count). The molecule has 0 fully saturated rings. The third-order valence-electron chi connectivity index (χ3n) is 3.37. The smallest absolute Gasteiger partial charge is 0.193 e. The van der Waals surface area contributed by atoms with Crippen LogP contribution in [0, 0.1) is 13.8 Å². The van der Waals surface area contributed by atoms with Gasteiger partial charge in [0.25, 0.3) is 0 Å². The molecule has 2 heteroatoms. The molecule has 0 unspecified atom stereocenters. The number of aryl methyl sites for hydroxylation is 2. The number of nitrogens with zero attached hydrogens (tertiary/aromatic N) is 1. The zero-order chi connectivity index (χ0) is 14.1. The van der Waals surface area contributed by atoms with Crippen molar-refractivity contribution in [1.29, 1.82) is 0 Å². The van der Waals surface area contributed by atoms with Crippen molar-refractivity contribution in [2.75, 3.05) is 0 Å². The normalized spacial score (nSPS) is 10.7. The van der Waals surface area contributed by atoms with Crippen LogP contribution in [0.4, 0.5) is 0 Å². The fourth-order valence-electron chi connectivity index (χ4n) is 2.56. The number of hydrogen-bond donors (Lipinski definition) is 0. The summed E-state index contributed by atoms with van der Waals surface area (Å²) in [5.41, 5.74) is 4.50. The van der Waals surface area contributed by atoms with Crippen molar-refractivity contribution in [3.63, 3.8) is 0 Å². The summed E-state index contributed by atoms with van der Waals surface area (Å²) < 4.78 is 0. The number of fused-ring (bicyclic) bond motifs is 1. The van der Waals surface area contributed by atoms with Gasteiger partial charge in [0.1, 0.15) is 0 Å². The van der Waals surface area contributed by atoms with Gasteiger partial charge in [-0.15, -0.1) is 0 Å². The lowest BCUT2D eigenvalue weighted by molar-refractivity contribution is 0.104. The quantitative estimate of drug-likeness (QED) is 0.650. The molecule has 0 bridgehead atoms. The number of rotatable bonds is 2. The fourth-order valence-corrected chi connectivity index (χ4v) is 2.56. The van der Waals surface area contributed by atoms with Gasteiger partial charge in [-0.2, -0.15) is 0 Å². The van der Waals surface area contributed by atoms with Crippen LogP contribution in [-0.4, -0.2) is 10.8 Å². The van der Waals surface area contributed by atoms with Gasteiger partial charge in [0.05, 0.1) is 5.52 Å². The number of carbonyl (C=O) groups excluding carboxylic acids is 1. The monoisotopic (exact) mass is 261 g/mol. The molecular weight excluding hydrogens is 246 g/mol. The Morgan fingerprint density at radius 3 is 2.45 bits per heavy atom. The summed E-state index contributed by atoms with van der Waals surface area (Å²) in [5.74, 6) is 0.0513. The van der Waals surface area contributed by atoms with Gasteiger partial charge in [-0.3, -0.25) is 9.78 Å². The Morgan fingerprint density at radius 1 is 0.950 bits per heavy atom. The number of benzene rings is 2. The minimum atomic E-state index is 0.0513. The van der Waals surface area contributed by atoms with Gasteiger partial charge < -0.3 is 0 Å². The molecule has 3 aromatic rings. The molecule has 0 amide bonds. The van der Waals surface area contributed by atoms with E-state index in [4.69, 9.17) is 0 Å². The summed E-state index contributed by atoms with van der Waals surface area (Å²) >= 11 is 0. The first-order valence-electron chi connectivity index (χ1n) is 6.62. The first-order valence-corrected chi connectivity index (χ1v) is 6.62. The maximum absolute atomic E-state index is 12.7. The van der Waals surface area contributed by atoms with E-state index in [2.05, 4.69) is 11.1 Å². The highest BCUT2D eigenvalue weighted by Gasteiger charge is 2.13. The standard InChI is InChI=1S/C18H15NO/c1-12-9-13(2)11-14(10-12)18(20)16-5-3-7-17-15(16)6-4-8-19-17/h3-11H,1-2H3. The van der Waals surface area contributed by atoms with Crippen molar-refractivity contribution in [2.45, 2.75) is 13.8 Å². The van der Waals surface area contributed by atoms with Crippen LogP contribution in [0.25, 0.3) is 10.9 Å². The van der Waals surface area contributed by atoms with Crippen LogP contribution < -0.4 is 0 Å². The lowest BCUT2D eigenvalue weighted by Gasteiger charge is -2.07. The van der Waals surface area contributed by atoms with Crippen molar-refractivity contribution < 1.29 is 4.79 Å². The van der Waals surface area contributed by atoms with Crippen LogP contribution >= 0.6 is 0 Å². The zero-order valence-electron chi connectivity index (χ0n) is 11.6. The Kier molecular flexibility index (Phi) is 3.07. The molecule has 1 heterocycles. The molecule has 0 saturated carbocycles. The molecular formula is C18H15NO. The molecule has 20 heavy (non-hydrogen) atoms. The molecule has 0 atom stereocenters. The van der Waals surface area contributed by atoms with Gasteiger partial charge in [0.15, 0.2) is 5.78 Å². The Labute approximate surface area is 118 Å². The number of pyridine rings is 1. The van der Waals surface area contributed by atoms with E-state index < -0.39 is 0 Å². The maximum atomic E-state index is 12.7. The SMILES string of the molecule is Cc1cc(C)cc(C(=O)c2cccc3ncccc23)c1. The second-order valence-electron chi connectivity index (χ2n) is 5.08. The Bertz CT molecular complexity index is 780. The zero-order valence-corrected chi connectivity index (χ0v) is 11.6. The molecule has 0 N–H and O–H groups in total. The van der Waals surface area contributed by atoms with Crippen molar-refractivity contribution >= 4 is 16.7 Å². The van der Waals surface area contributed by atoms with E-state index >= 15 is 0 Å². The summed E-state index contributed by atoms with van der Waals surface area (Å²) in [7, 11) is 0. The number of carbonyl (C=O) groups is 1. The van der Waals surface area contributed by atoms with Crippen molar-refractivity contribution in [3.8, 4) is 0 Å². The Balaban J connectivity index is 2.17. The Hall–Kier alpha value is -2.48. The predicted molar refractivity (Wildman–Crippen MR) is 81.1 cm³/mol. The largest absolute Gasteiger partial charge is 0.289 e. The van der Waals surface area contributed by atoms with E-state index in [1.165, 1.54) is 0 Å². The van der Waals surface area contributed by atoms with Crippen molar-refractivity contribution in [1.82, 2.24) is 4.98 Å². The summed E-state index contributed by atoms with van der Waals surface area (Å²) in [4.78, 5) is 17.0. The molecule has 0 saturated heterocycles. The molecule has 98 valence electrons. The third kappa shape index (κ3) is 2.21. The minimum absolute atomic E-state index is 0.0513. The Morgan fingerprint density at radius 2 is 1.70 bits per heavy atom. The number of aromatic nitrogens is 1. The van der Waals surface area contributed by atoms with Crippen molar-refractivity contribution in [2.24, 2.45) is 0 Å². The van der Waals surface area contributed by atoms with E-state index in [9.17, 15) is 4.79 Å². The van der Waals surface area contributed by atoms with Gasteiger partial charge >= 0.3 is 0 Å². The molecule has 0 radical (unpaired) electrons. The van der Waals surface area contributed by atoms with Crippen LogP contribution in [0.2, 0.25) is 0 Å². The predicted octanol–water partition coefficient (Wildman–Crippen LogP) is 4.08. The molecule has 0 aliphatic carbocycles. The summed E-state index contributed by atoms with van der Waals surface area (Å²) in [6.07, 6.45) is 1.74. The van der Waals surface area contributed by atoms with Crippen LogP contribution in [-0.2, 0) is 0 Å². The van der Waals surface area contributed by atoms with Crippen LogP contribution in [0.5, 0.6) is 0 Å². The highest BCUT2D eigenvalue weighted by molar-refractivity contribution is 6.16. The minimum Gasteiger partial charge on any atom is -0.289 e. The van der Waals surface area contributed by atoms with Crippen molar-refractivity contribution in [3.05, 3.63) is 77.0 Å². The average molecular weight is 261 g/mol.